The number of benzene rings is 1. The number of carbonyl (C=O) groups excluding carboxylic acids is 1. The monoisotopic (exact) mass is 273 g/mol. The van der Waals surface area contributed by atoms with Crippen LogP contribution in [-0.4, -0.2) is 13.1 Å². The second-order valence-corrected chi connectivity index (χ2v) is 6.23. The maximum absolute atomic E-state index is 12.0. The second-order valence-electron chi connectivity index (χ2n) is 6.23. The molecule has 0 unspecified atom stereocenters. The van der Waals surface area contributed by atoms with Crippen LogP contribution in [0.15, 0.2) is 30.3 Å². The minimum absolute atomic E-state index is 0.110. The van der Waals surface area contributed by atoms with Crippen LogP contribution in [-0.2, 0) is 11.3 Å². The smallest absolute Gasteiger partial charge is 0.268 e. The van der Waals surface area contributed by atoms with E-state index in [0.717, 1.165) is 18.4 Å². The molecule has 0 bridgehead atoms. The molecular weight excluding hydrogens is 247 g/mol. The first-order chi connectivity index (χ1) is 9.34. The molecule has 0 aromatic heterocycles. The van der Waals surface area contributed by atoms with Gasteiger partial charge < -0.3 is 4.74 Å². The highest BCUT2D eigenvalue weighted by Gasteiger charge is 2.41. The average molecular weight is 273 g/mol. The molecule has 0 saturated heterocycles. The van der Waals surface area contributed by atoms with Crippen molar-refractivity contribution < 1.29 is 9.53 Å². The molecule has 0 aliphatic heterocycles. The van der Waals surface area contributed by atoms with Crippen molar-refractivity contribution in [3.8, 4) is 0 Å². The molecule has 0 spiro atoms. The number of hydrogen-bond donors (Lipinski definition) is 0. The standard InChI is InChI=1S/C17H26BO2/c1-6-17(5,7-2)16(3,4)18-15(19)20-13-14-11-9-8-10-12-14/h8-12H,6-7,13H2,1-5H3. The largest absolute Gasteiger partial charge is 0.469 e. The summed E-state index contributed by atoms with van der Waals surface area (Å²) in [5.74, 6) is -0.230. The van der Waals surface area contributed by atoms with Gasteiger partial charge in [0, 0.05) is 0 Å². The van der Waals surface area contributed by atoms with Crippen molar-refractivity contribution in [1.29, 1.82) is 0 Å². The third kappa shape index (κ3) is 4.12. The van der Waals surface area contributed by atoms with Gasteiger partial charge in [0.25, 0.3) is 7.28 Å². The first-order valence-corrected chi connectivity index (χ1v) is 7.41. The summed E-state index contributed by atoms with van der Waals surface area (Å²) in [5.41, 5.74) is 1.12. The van der Waals surface area contributed by atoms with Crippen molar-refractivity contribution in [2.45, 2.75) is 59.4 Å². The third-order valence-electron chi connectivity index (χ3n) is 4.82. The van der Waals surface area contributed by atoms with Gasteiger partial charge in [0.05, 0.1) is 0 Å². The summed E-state index contributed by atoms with van der Waals surface area (Å²) >= 11 is 0. The van der Waals surface area contributed by atoms with E-state index in [9.17, 15) is 4.79 Å². The summed E-state index contributed by atoms with van der Waals surface area (Å²) in [5, 5.41) is -0.176. The Morgan fingerprint density at radius 2 is 1.65 bits per heavy atom. The van der Waals surface area contributed by atoms with Gasteiger partial charge in [0.1, 0.15) is 6.61 Å². The van der Waals surface area contributed by atoms with Gasteiger partial charge in [-0.25, -0.2) is 0 Å². The fourth-order valence-electron chi connectivity index (χ4n) is 2.40. The summed E-state index contributed by atoms with van der Waals surface area (Å²) in [6.07, 6.45) is 2.08. The lowest BCUT2D eigenvalue weighted by atomic mass is 9.43. The van der Waals surface area contributed by atoms with Crippen LogP contribution in [0.3, 0.4) is 0 Å². The van der Waals surface area contributed by atoms with Gasteiger partial charge in [-0.1, -0.05) is 77.8 Å². The zero-order valence-corrected chi connectivity index (χ0v) is 13.4. The van der Waals surface area contributed by atoms with Gasteiger partial charge >= 0.3 is 0 Å². The van der Waals surface area contributed by atoms with E-state index in [2.05, 4.69) is 34.6 Å². The van der Waals surface area contributed by atoms with Crippen molar-refractivity contribution in [3.63, 3.8) is 0 Å². The summed E-state index contributed by atoms with van der Waals surface area (Å²) in [6.45, 7) is 11.1. The maximum atomic E-state index is 12.0. The molecular formula is C17H26BO2. The highest BCUT2D eigenvalue weighted by molar-refractivity contribution is 6.74. The molecule has 1 rings (SSSR count). The zero-order chi connectivity index (χ0) is 15.2. The van der Waals surface area contributed by atoms with E-state index in [0.29, 0.717) is 6.61 Å². The van der Waals surface area contributed by atoms with E-state index in [1.807, 2.05) is 30.3 Å². The molecule has 0 aliphatic rings. The SMILES string of the molecule is CCC(C)(CC)C(C)(C)[B]C(=O)OCc1ccccc1. The summed E-state index contributed by atoms with van der Waals surface area (Å²) < 4.78 is 5.35. The molecule has 0 heterocycles. The van der Waals surface area contributed by atoms with Gasteiger partial charge in [-0.2, -0.15) is 0 Å². The van der Waals surface area contributed by atoms with Gasteiger partial charge in [0.2, 0.25) is 5.87 Å². The Hall–Kier alpha value is -1.25. The quantitative estimate of drug-likeness (QED) is 0.649. The van der Waals surface area contributed by atoms with Gasteiger partial charge in [-0.3, -0.25) is 4.79 Å². The predicted octanol–water partition coefficient (Wildman–Crippen LogP) is 5.05. The zero-order valence-electron chi connectivity index (χ0n) is 13.4. The molecule has 0 N–H and O–H groups in total. The van der Waals surface area contributed by atoms with Crippen molar-refractivity contribution in [2.24, 2.45) is 5.41 Å². The fraction of sp³-hybridized carbons (Fsp3) is 0.588. The highest BCUT2D eigenvalue weighted by Crippen LogP contribution is 2.49. The van der Waals surface area contributed by atoms with E-state index in [1.54, 1.807) is 7.28 Å². The molecule has 0 atom stereocenters. The molecule has 0 amide bonds. The lowest BCUT2D eigenvalue weighted by Gasteiger charge is -2.42. The first-order valence-electron chi connectivity index (χ1n) is 7.41. The minimum Gasteiger partial charge on any atom is -0.469 e. The first kappa shape index (κ1) is 16.8. The fourth-order valence-corrected chi connectivity index (χ4v) is 2.40. The van der Waals surface area contributed by atoms with E-state index >= 15 is 0 Å². The van der Waals surface area contributed by atoms with E-state index in [4.69, 9.17) is 4.74 Å². The topological polar surface area (TPSA) is 26.3 Å². The molecule has 1 aromatic carbocycles. The van der Waals surface area contributed by atoms with Crippen LogP contribution in [0, 0.1) is 5.41 Å². The molecule has 0 saturated carbocycles. The number of ether oxygens (including phenoxy) is 1. The molecule has 109 valence electrons. The molecule has 20 heavy (non-hydrogen) atoms. The molecule has 3 heteroatoms. The Bertz CT molecular complexity index is 422. The predicted molar refractivity (Wildman–Crippen MR) is 85.1 cm³/mol. The van der Waals surface area contributed by atoms with E-state index in [1.165, 1.54) is 0 Å². The Morgan fingerprint density at radius 3 is 2.15 bits per heavy atom. The van der Waals surface area contributed by atoms with Crippen molar-refractivity contribution >= 4 is 13.1 Å². The van der Waals surface area contributed by atoms with Crippen LogP contribution in [0.5, 0.6) is 0 Å². The normalized spacial score (nSPS) is 12.1. The van der Waals surface area contributed by atoms with E-state index < -0.39 is 0 Å². The van der Waals surface area contributed by atoms with Crippen LogP contribution in [0.4, 0.5) is 4.79 Å². The Balaban J connectivity index is 2.57. The molecule has 0 aliphatic carbocycles. The molecule has 2 nitrogen and oxygen atoms in total. The lowest BCUT2D eigenvalue weighted by molar-refractivity contribution is 0.160. The van der Waals surface area contributed by atoms with Crippen LogP contribution in [0.1, 0.15) is 53.0 Å². The summed E-state index contributed by atoms with van der Waals surface area (Å²) in [6, 6.07) is 9.76. The Labute approximate surface area is 124 Å². The lowest BCUT2D eigenvalue weighted by Crippen LogP contribution is -2.37. The third-order valence-corrected chi connectivity index (χ3v) is 4.82. The van der Waals surface area contributed by atoms with Gasteiger partial charge in [0.15, 0.2) is 0 Å². The maximum Gasteiger partial charge on any atom is 0.268 e. The highest BCUT2D eigenvalue weighted by atomic mass is 16.5. The van der Waals surface area contributed by atoms with E-state index in [-0.39, 0.29) is 16.6 Å². The molecule has 0 fully saturated rings. The van der Waals surface area contributed by atoms with Gasteiger partial charge in [-0.05, 0) is 16.3 Å². The van der Waals surface area contributed by atoms with Crippen molar-refractivity contribution in [2.75, 3.05) is 0 Å². The van der Waals surface area contributed by atoms with Crippen LogP contribution in [0.25, 0.3) is 0 Å². The Morgan fingerprint density at radius 1 is 1.10 bits per heavy atom. The van der Waals surface area contributed by atoms with Crippen LogP contribution in [0.2, 0.25) is 5.31 Å². The van der Waals surface area contributed by atoms with Crippen LogP contribution < -0.4 is 0 Å². The number of carbonyl (C=O) groups is 1. The molecule has 1 radical (unpaired) electrons. The second kappa shape index (κ2) is 6.96. The summed E-state index contributed by atoms with van der Waals surface area (Å²) in [4.78, 5) is 12.0. The average Bonchev–Trinajstić information content (AvgIpc) is 2.44. The molecule has 1 aromatic rings. The number of hydrogen-bond acceptors (Lipinski definition) is 2. The van der Waals surface area contributed by atoms with Gasteiger partial charge in [-0.15, -0.1) is 0 Å². The van der Waals surface area contributed by atoms with Crippen molar-refractivity contribution in [1.82, 2.24) is 0 Å². The number of rotatable bonds is 7. The summed E-state index contributed by atoms with van der Waals surface area (Å²) in [7, 11) is 1.74. The Kier molecular flexibility index (Phi) is 5.85. The van der Waals surface area contributed by atoms with Crippen LogP contribution >= 0.6 is 0 Å². The van der Waals surface area contributed by atoms with Crippen molar-refractivity contribution in [3.05, 3.63) is 35.9 Å². The minimum atomic E-state index is -0.230.